The zero-order valence-electron chi connectivity index (χ0n) is 19.8. The fraction of sp³-hybridized carbons (Fsp3) is 0.321. The number of hydrogen-bond donors (Lipinski definition) is 0. The highest BCUT2D eigenvalue weighted by atomic mass is 35.5. The van der Waals surface area contributed by atoms with E-state index < -0.39 is 5.91 Å². The fourth-order valence-corrected chi connectivity index (χ4v) is 4.70. The van der Waals surface area contributed by atoms with E-state index in [9.17, 15) is 14.9 Å². The van der Waals surface area contributed by atoms with Crippen LogP contribution in [0.1, 0.15) is 50.2 Å². The Morgan fingerprint density at radius 3 is 2.43 bits per heavy atom. The van der Waals surface area contributed by atoms with E-state index in [0.29, 0.717) is 39.8 Å². The number of nitrogens with zero attached hydrogens (tertiary/aromatic N) is 2. The molecule has 0 radical (unpaired) electrons. The summed E-state index contributed by atoms with van der Waals surface area (Å²) in [4.78, 5) is 27.7. The number of nitriles is 1. The topological polar surface area (TPSA) is 79.6 Å². The number of rotatable bonds is 6. The first-order valence-electron chi connectivity index (χ1n) is 11.7. The van der Waals surface area contributed by atoms with Crippen LogP contribution in [0.4, 0.5) is 0 Å². The smallest absolute Gasteiger partial charge is 0.271 e. The summed E-state index contributed by atoms with van der Waals surface area (Å²) in [5.41, 5.74) is 2.45. The molecule has 0 unspecified atom stereocenters. The lowest BCUT2D eigenvalue weighted by molar-refractivity contribution is -0.143. The molecule has 1 saturated carbocycles. The SMILES string of the molecule is COc1cc(/C=C2/C(=O)N(C3CCCCC3)C(=O)C(C#N)=C2C)ccc1OCc1ccc(Cl)cc1. The van der Waals surface area contributed by atoms with E-state index in [1.54, 1.807) is 44.4 Å². The molecule has 0 saturated heterocycles. The van der Waals surface area contributed by atoms with Gasteiger partial charge in [0.1, 0.15) is 18.2 Å². The maximum atomic E-state index is 13.4. The summed E-state index contributed by atoms with van der Waals surface area (Å²) in [5.74, 6) is 0.241. The Balaban J connectivity index is 1.63. The predicted octanol–water partition coefficient (Wildman–Crippen LogP) is 5.85. The monoisotopic (exact) mass is 490 g/mol. The van der Waals surface area contributed by atoms with Crippen molar-refractivity contribution in [2.24, 2.45) is 0 Å². The third-order valence-corrected chi connectivity index (χ3v) is 6.77. The molecule has 4 rings (SSSR count). The maximum Gasteiger partial charge on any atom is 0.271 e. The Bertz CT molecular complexity index is 1230. The van der Waals surface area contributed by atoms with Gasteiger partial charge in [0.25, 0.3) is 11.8 Å². The van der Waals surface area contributed by atoms with Crippen molar-refractivity contribution >= 4 is 29.5 Å². The number of methoxy groups -OCH3 is 1. The zero-order valence-corrected chi connectivity index (χ0v) is 20.6. The largest absolute Gasteiger partial charge is 0.493 e. The molecule has 2 aromatic carbocycles. The first kappa shape index (κ1) is 24.6. The van der Waals surface area contributed by atoms with Crippen LogP contribution in [0.5, 0.6) is 11.5 Å². The van der Waals surface area contributed by atoms with Crippen LogP contribution in [0.3, 0.4) is 0 Å². The molecule has 0 aromatic heterocycles. The van der Waals surface area contributed by atoms with Crippen LogP contribution in [0.25, 0.3) is 6.08 Å². The van der Waals surface area contributed by atoms with E-state index in [1.165, 1.54) is 4.90 Å². The van der Waals surface area contributed by atoms with Crippen molar-refractivity contribution in [3.05, 3.63) is 75.3 Å². The zero-order chi connectivity index (χ0) is 24.9. The first-order chi connectivity index (χ1) is 16.9. The van der Waals surface area contributed by atoms with Gasteiger partial charge in [-0.3, -0.25) is 14.5 Å². The minimum atomic E-state index is -0.484. The number of ether oxygens (including phenoxy) is 2. The van der Waals surface area contributed by atoms with E-state index in [0.717, 1.165) is 37.7 Å². The minimum Gasteiger partial charge on any atom is -0.493 e. The van der Waals surface area contributed by atoms with Gasteiger partial charge in [-0.25, -0.2) is 0 Å². The van der Waals surface area contributed by atoms with Gasteiger partial charge in [-0.15, -0.1) is 0 Å². The molecule has 0 spiro atoms. The summed E-state index contributed by atoms with van der Waals surface area (Å²) in [6, 6.07) is 14.6. The number of imide groups is 1. The third-order valence-electron chi connectivity index (χ3n) is 6.52. The van der Waals surface area contributed by atoms with E-state index in [1.807, 2.05) is 24.3 Å². The number of carbonyl (C=O) groups is 2. The lowest BCUT2D eigenvalue weighted by atomic mass is 9.88. The summed E-state index contributed by atoms with van der Waals surface area (Å²) >= 11 is 5.94. The van der Waals surface area contributed by atoms with Gasteiger partial charge in [0.05, 0.1) is 7.11 Å². The molecule has 7 heteroatoms. The molecule has 2 aromatic rings. The molecule has 2 aliphatic rings. The lowest BCUT2D eigenvalue weighted by Gasteiger charge is -2.36. The van der Waals surface area contributed by atoms with Crippen LogP contribution in [0.2, 0.25) is 5.02 Å². The van der Waals surface area contributed by atoms with Crippen LogP contribution < -0.4 is 9.47 Å². The molecule has 6 nitrogen and oxygen atoms in total. The summed E-state index contributed by atoms with van der Waals surface area (Å²) in [7, 11) is 1.55. The number of hydrogen-bond acceptors (Lipinski definition) is 5. The van der Waals surface area contributed by atoms with Gasteiger partial charge in [0.2, 0.25) is 0 Å². The van der Waals surface area contributed by atoms with Gasteiger partial charge in [-0.05, 0) is 66.8 Å². The lowest BCUT2D eigenvalue weighted by Crippen LogP contribution is -2.49. The Morgan fingerprint density at radius 1 is 1.06 bits per heavy atom. The average Bonchev–Trinajstić information content (AvgIpc) is 2.87. The average molecular weight is 491 g/mol. The fourth-order valence-electron chi connectivity index (χ4n) is 4.57. The Labute approximate surface area is 210 Å². The second-order valence-electron chi connectivity index (χ2n) is 8.77. The summed E-state index contributed by atoms with van der Waals surface area (Å²) in [6.45, 7) is 2.00. The van der Waals surface area contributed by atoms with Crippen molar-refractivity contribution in [1.29, 1.82) is 5.26 Å². The van der Waals surface area contributed by atoms with Crippen molar-refractivity contribution in [3.8, 4) is 17.6 Å². The summed E-state index contributed by atoms with van der Waals surface area (Å²) < 4.78 is 11.4. The maximum absolute atomic E-state index is 13.4. The van der Waals surface area contributed by atoms with E-state index in [2.05, 4.69) is 0 Å². The summed E-state index contributed by atoms with van der Waals surface area (Å²) in [6.07, 6.45) is 6.30. The van der Waals surface area contributed by atoms with Crippen LogP contribution in [0.15, 0.2) is 59.2 Å². The molecule has 1 fully saturated rings. The van der Waals surface area contributed by atoms with Gasteiger partial charge in [-0.2, -0.15) is 5.26 Å². The van der Waals surface area contributed by atoms with Gasteiger partial charge >= 0.3 is 0 Å². The second-order valence-corrected chi connectivity index (χ2v) is 9.20. The van der Waals surface area contributed by atoms with Crippen molar-refractivity contribution in [3.63, 3.8) is 0 Å². The Kier molecular flexibility index (Phi) is 7.57. The number of halogens is 1. The highest BCUT2D eigenvalue weighted by molar-refractivity contribution is 6.30. The van der Waals surface area contributed by atoms with Gasteiger partial charge in [0, 0.05) is 16.6 Å². The number of carbonyl (C=O) groups excluding carboxylic acids is 2. The van der Waals surface area contributed by atoms with Crippen LogP contribution in [-0.2, 0) is 16.2 Å². The van der Waals surface area contributed by atoms with Crippen molar-refractivity contribution in [2.75, 3.05) is 7.11 Å². The molecule has 180 valence electrons. The van der Waals surface area contributed by atoms with Gasteiger partial charge in [0.15, 0.2) is 11.5 Å². The Morgan fingerprint density at radius 2 is 1.77 bits per heavy atom. The number of amides is 2. The highest BCUT2D eigenvalue weighted by Crippen LogP contribution is 2.34. The standard InChI is InChI=1S/C28H27ClN2O4/c1-18-23(27(32)31(28(33)24(18)16-30)22-6-4-3-5-7-22)14-20-10-13-25(26(15-20)34-2)35-17-19-8-11-21(29)12-9-19/h8-15,22H,3-7,17H2,1-2H3/b23-14+. The van der Waals surface area contributed by atoms with Gasteiger partial charge in [-0.1, -0.05) is 49.1 Å². The van der Waals surface area contributed by atoms with E-state index >= 15 is 0 Å². The second kappa shape index (κ2) is 10.8. The molecular weight excluding hydrogens is 464 g/mol. The molecule has 2 amide bonds. The number of benzene rings is 2. The first-order valence-corrected chi connectivity index (χ1v) is 12.1. The van der Waals surface area contributed by atoms with Crippen LogP contribution in [0, 0.1) is 11.3 Å². The van der Waals surface area contributed by atoms with Crippen molar-refractivity contribution in [1.82, 2.24) is 4.90 Å². The van der Waals surface area contributed by atoms with Crippen molar-refractivity contribution in [2.45, 2.75) is 51.7 Å². The highest BCUT2D eigenvalue weighted by Gasteiger charge is 2.39. The molecular formula is C28H27ClN2O4. The van der Waals surface area contributed by atoms with Crippen molar-refractivity contribution < 1.29 is 19.1 Å². The van der Waals surface area contributed by atoms with E-state index in [4.69, 9.17) is 21.1 Å². The normalized spacial score (nSPS) is 18.1. The molecule has 1 heterocycles. The van der Waals surface area contributed by atoms with Gasteiger partial charge < -0.3 is 9.47 Å². The minimum absolute atomic E-state index is 0.0244. The van der Waals surface area contributed by atoms with Crippen LogP contribution >= 0.6 is 11.6 Å². The third kappa shape index (κ3) is 5.26. The molecule has 35 heavy (non-hydrogen) atoms. The molecule has 1 aliphatic heterocycles. The molecule has 0 atom stereocenters. The molecule has 0 bridgehead atoms. The molecule has 0 N–H and O–H groups in total. The quantitative estimate of drug-likeness (QED) is 0.374. The molecule has 1 aliphatic carbocycles. The van der Waals surface area contributed by atoms with E-state index in [-0.39, 0.29) is 17.5 Å². The summed E-state index contributed by atoms with van der Waals surface area (Å²) in [5, 5.41) is 10.3. The predicted molar refractivity (Wildman–Crippen MR) is 134 cm³/mol. The Hall–Kier alpha value is -3.56. The van der Waals surface area contributed by atoms with Crippen LogP contribution in [-0.4, -0.2) is 29.9 Å².